The summed E-state index contributed by atoms with van der Waals surface area (Å²) >= 11 is 5.45. The molecule has 1 unspecified atom stereocenters. The third-order valence-electron chi connectivity index (χ3n) is 5.28. The molecule has 0 saturated carbocycles. The van der Waals surface area contributed by atoms with Gasteiger partial charge in [-0.3, -0.25) is 0 Å². The van der Waals surface area contributed by atoms with Crippen LogP contribution >= 0.6 is 12.2 Å². The monoisotopic (exact) mass is 429 g/mol. The number of aromatic nitrogens is 2. The molecule has 8 nitrogen and oxygen atoms in total. The molecular formula is C21H27N5O3S. The highest BCUT2D eigenvalue weighted by Gasteiger charge is 2.21. The summed E-state index contributed by atoms with van der Waals surface area (Å²) in [6.45, 7) is 4.89. The third kappa shape index (κ3) is 4.84. The SMILES string of the molecule is COc1cc(N2CCCCC2C)nc(NC(=S)NCc2ccc3c(c2)OCCO3)n1. The largest absolute Gasteiger partial charge is 0.486 e. The molecule has 2 N–H and O–H groups in total. The van der Waals surface area contributed by atoms with E-state index in [1.165, 1.54) is 6.42 Å². The summed E-state index contributed by atoms with van der Waals surface area (Å²) in [6.07, 6.45) is 3.57. The predicted octanol–water partition coefficient (Wildman–Crippen LogP) is 3.12. The number of hydrogen-bond acceptors (Lipinski definition) is 7. The van der Waals surface area contributed by atoms with Gasteiger partial charge in [0.1, 0.15) is 19.0 Å². The van der Waals surface area contributed by atoms with E-state index in [9.17, 15) is 0 Å². The minimum Gasteiger partial charge on any atom is -0.486 e. The second kappa shape index (κ2) is 9.34. The second-order valence-electron chi connectivity index (χ2n) is 7.42. The highest BCUT2D eigenvalue weighted by Crippen LogP contribution is 2.30. The maximum absolute atomic E-state index is 5.63. The minimum absolute atomic E-state index is 0.418. The zero-order valence-corrected chi connectivity index (χ0v) is 18.1. The van der Waals surface area contributed by atoms with Crippen LogP contribution in [0.2, 0.25) is 0 Å². The second-order valence-corrected chi connectivity index (χ2v) is 7.82. The van der Waals surface area contributed by atoms with E-state index in [0.717, 1.165) is 42.3 Å². The van der Waals surface area contributed by atoms with E-state index in [1.54, 1.807) is 7.11 Å². The molecule has 9 heteroatoms. The maximum atomic E-state index is 5.63. The van der Waals surface area contributed by atoms with Crippen LogP contribution in [0, 0.1) is 0 Å². The van der Waals surface area contributed by atoms with Crippen molar-refractivity contribution in [1.29, 1.82) is 0 Å². The van der Waals surface area contributed by atoms with Gasteiger partial charge >= 0.3 is 0 Å². The van der Waals surface area contributed by atoms with Crippen molar-refractivity contribution in [3.05, 3.63) is 29.8 Å². The fourth-order valence-corrected chi connectivity index (χ4v) is 3.85. The number of piperidine rings is 1. The molecule has 1 fully saturated rings. The molecule has 1 aromatic carbocycles. The van der Waals surface area contributed by atoms with Crippen molar-refractivity contribution in [3.8, 4) is 17.4 Å². The Morgan fingerprint density at radius 1 is 1.20 bits per heavy atom. The van der Waals surface area contributed by atoms with Crippen LogP contribution in [-0.4, -0.2) is 48.0 Å². The van der Waals surface area contributed by atoms with E-state index in [4.69, 9.17) is 26.4 Å². The zero-order valence-electron chi connectivity index (χ0n) is 17.3. The van der Waals surface area contributed by atoms with Gasteiger partial charge in [0.15, 0.2) is 16.6 Å². The zero-order chi connectivity index (χ0) is 20.9. The molecule has 1 atom stereocenters. The van der Waals surface area contributed by atoms with Gasteiger partial charge in [-0.2, -0.15) is 9.97 Å². The summed E-state index contributed by atoms with van der Waals surface area (Å²) < 4.78 is 16.6. The first-order valence-corrected chi connectivity index (χ1v) is 10.7. The molecule has 30 heavy (non-hydrogen) atoms. The molecule has 1 saturated heterocycles. The van der Waals surface area contributed by atoms with E-state index in [-0.39, 0.29) is 0 Å². The van der Waals surface area contributed by atoms with Gasteiger partial charge in [-0.25, -0.2) is 0 Å². The molecular weight excluding hydrogens is 402 g/mol. The molecule has 2 aromatic rings. The molecule has 160 valence electrons. The van der Waals surface area contributed by atoms with E-state index < -0.39 is 0 Å². The first-order valence-electron chi connectivity index (χ1n) is 10.3. The number of benzene rings is 1. The number of nitrogens with one attached hydrogen (secondary N) is 2. The average Bonchev–Trinajstić information content (AvgIpc) is 2.77. The van der Waals surface area contributed by atoms with Gasteiger partial charge in [0.2, 0.25) is 11.8 Å². The summed E-state index contributed by atoms with van der Waals surface area (Å²) in [5.41, 5.74) is 1.04. The van der Waals surface area contributed by atoms with Gasteiger partial charge in [-0.1, -0.05) is 6.07 Å². The summed E-state index contributed by atoms with van der Waals surface area (Å²) in [4.78, 5) is 11.4. The van der Waals surface area contributed by atoms with Crippen molar-refractivity contribution in [2.75, 3.05) is 37.1 Å². The van der Waals surface area contributed by atoms with Crippen molar-refractivity contribution in [2.45, 2.75) is 38.8 Å². The normalized spacial score (nSPS) is 17.9. The van der Waals surface area contributed by atoms with Crippen molar-refractivity contribution in [1.82, 2.24) is 15.3 Å². The number of anilines is 2. The Hall–Kier alpha value is -2.81. The molecule has 2 aliphatic heterocycles. The van der Waals surface area contributed by atoms with Gasteiger partial charge in [0.25, 0.3) is 0 Å². The fraction of sp³-hybridized carbons (Fsp3) is 0.476. The highest BCUT2D eigenvalue weighted by atomic mass is 32.1. The fourth-order valence-electron chi connectivity index (χ4n) is 3.68. The average molecular weight is 430 g/mol. The number of ether oxygens (including phenoxy) is 3. The van der Waals surface area contributed by atoms with Gasteiger partial charge < -0.3 is 29.7 Å². The Balaban J connectivity index is 1.40. The molecule has 0 radical (unpaired) electrons. The molecule has 2 aliphatic rings. The Bertz CT molecular complexity index is 910. The topological polar surface area (TPSA) is 80.8 Å². The van der Waals surface area contributed by atoms with Crippen LogP contribution in [0.5, 0.6) is 17.4 Å². The van der Waals surface area contributed by atoms with E-state index in [0.29, 0.717) is 42.7 Å². The molecule has 1 aromatic heterocycles. The summed E-state index contributed by atoms with van der Waals surface area (Å²) in [7, 11) is 1.61. The Morgan fingerprint density at radius 3 is 2.83 bits per heavy atom. The first kappa shape index (κ1) is 20.5. The van der Waals surface area contributed by atoms with E-state index >= 15 is 0 Å². The van der Waals surface area contributed by atoms with Crippen LogP contribution in [0.15, 0.2) is 24.3 Å². The van der Waals surface area contributed by atoms with Crippen LogP contribution in [0.4, 0.5) is 11.8 Å². The Labute approximate surface area is 181 Å². The van der Waals surface area contributed by atoms with Gasteiger partial charge in [-0.05, 0) is 56.1 Å². The minimum atomic E-state index is 0.418. The molecule has 0 bridgehead atoms. The molecule has 0 amide bonds. The molecule has 0 aliphatic carbocycles. The number of thiocarbonyl (C=S) groups is 1. The van der Waals surface area contributed by atoms with Crippen LogP contribution in [0.3, 0.4) is 0 Å². The number of nitrogens with zero attached hydrogens (tertiary/aromatic N) is 3. The van der Waals surface area contributed by atoms with E-state index in [2.05, 4.69) is 32.4 Å². The summed E-state index contributed by atoms with van der Waals surface area (Å²) in [5.74, 6) is 3.31. The maximum Gasteiger partial charge on any atom is 0.234 e. The van der Waals surface area contributed by atoms with Crippen LogP contribution in [-0.2, 0) is 6.54 Å². The van der Waals surface area contributed by atoms with Gasteiger partial charge in [-0.15, -0.1) is 0 Å². The standard InChI is InChI=1S/C21H27N5O3S/c1-14-5-3-4-8-26(14)18-12-19(27-2)24-20(23-18)25-21(30)22-13-15-6-7-16-17(11-15)29-10-9-28-16/h6-7,11-12,14H,3-5,8-10,13H2,1-2H3,(H2,22,23,24,25,30). The van der Waals surface area contributed by atoms with Crippen molar-refractivity contribution in [3.63, 3.8) is 0 Å². The Morgan fingerprint density at radius 2 is 2.03 bits per heavy atom. The van der Waals surface area contributed by atoms with Crippen LogP contribution in [0.25, 0.3) is 0 Å². The number of hydrogen-bond donors (Lipinski definition) is 2. The van der Waals surface area contributed by atoms with Crippen LogP contribution in [0.1, 0.15) is 31.7 Å². The predicted molar refractivity (Wildman–Crippen MR) is 120 cm³/mol. The van der Waals surface area contributed by atoms with Gasteiger partial charge in [0.05, 0.1) is 7.11 Å². The van der Waals surface area contributed by atoms with Gasteiger partial charge in [0, 0.05) is 25.2 Å². The summed E-state index contributed by atoms with van der Waals surface area (Å²) in [5, 5.41) is 6.71. The van der Waals surface area contributed by atoms with E-state index in [1.807, 2.05) is 24.3 Å². The number of rotatable bonds is 5. The highest BCUT2D eigenvalue weighted by molar-refractivity contribution is 7.80. The lowest BCUT2D eigenvalue weighted by atomic mass is 10.0. The Kier molecular flexibility index (Phi) is 6.37. The van der Waals surface area contributed by atoms with Crippen molar-refractivity contribution < 1.29 is 14.2 Å². The molecule has 3 heterocycles. The lowest BCUT2D eigenvalue weighted by Gasteiger charge is -2.34. The number of fused-ring (bicyclic) bond motifs is 1. The first-order chi connectivity index (χ1) is 14.6. The van der Waals surface area contributed by atoms with Crippen LogP contribution < -0.4 is 29.7 Å². The smallest absolute Gasteiger partial charge is 0.234 e. The quantitative estimate of drug-likeness (QED) is 0.697. The third-order valence-corrected chi connectivity index (χ3v) is 5.53. The lowest BCUT2D eigenvalue weighted by Crippen LogP contribution is -2.38. The lowest BCUT2D eigenvalue weighted by molar-refractivity contribution is 0.171. The number of methoxy groups -OCH3 is 1. The van der Waals surface area contributed by atoms with Crippen molar-refractivity contribution >= 4 is 29.1 Å². The molecule has 0 spiro atoms. The molecule has 4 rings (SSSR count). The van der Waals surface area contributed by atoms with Crippen molar-refractivity contribution in [2.24, 2.45) is 0 Å². The summed E-state index contributed by atoms with van der Waals surface area (Å²) in [6, 6.07) is 8.17.